The number of halogens is 4. The normalized spacial score (nSPS) is 12.2. The van der Waals surface area contributed by atoms with Crippen LogP contribution in [0.15, 0.2) is 47.4 Å². The summed E-state index contributed by atoms with van der Waals surface area (Å²) in [7, 11) is -3.11. The summed E-state index contributed by atoms with van der Waals surface area (Å²) in [5, 5.41) is 18.4. The molecule has 1 aromatic heterocycles. The van der Waals surface area contributed by atoms with Crippen molar-refractivity contribution < 1.29 is 35.8 Å². The molecule has 0 bridgehead atoms. The number of benzene rings is 2. The first kappa shape index (κ1) is 23.7. The van der Waals surface area contributed by atoms with Gasteiger partial charge < -0.3 is 9.84 Å². The largest absolute Gasteiger partial charge is 0.494 e. The molecule has 1 heterocycles. The molecular weight excluding hydrogens is 454 g/mol. The Morgan fingerprint density at radius 3 is 2.44 bits per heavy atom. The summed E-state index contributed by atoms with van der Waals surface area (Å²) >= 11 is 0. The fourth-order valence-electron chi connectivity index (χ4n) is 3.33. The number of sulfonamides is 1. The second-order valence-corrected chi connectivity index (χ2v) is 8.29. The lowest BCUT2D eigenvalue weighted by Gasteiger charge is -2.14. The molecule has 12 heteroatoms. The Bertz CT molecular complexity index is 1240. The molecule has 0 amide bonds. The molecule has 0 atom stereocenters. The lowest BCUT2D eigenvalue weighted by Crippen LogP contribution is -2.16. The molecule has 2 aromatic carbocycles. The van der Waals surface area contributed by atoms with Crippen molar-refractivity contribution in [2.24, 2.45) is 5.14 Å². The van der Waals surface area contributed by atoms with Gasteiger partial charge in [0.15, 0.2) is 17.3 Å². The van der Waals surface area contributed by atoms with Gasteiger partial charge in [-0.2, -0.15) is 18.3 Å². The molecule has 0 saturated carbocycles. The maximum atomic E-state index is 14.4. The Hall–Kier alpha value is -2.96. The molecule has 7 nitrogen and oxygen atoms in total. The Morgan fingerprint density at radius 2 is 1.88 bits per heavy atom. The van der Waals surface area contributed by atoms with Gasteiger partial charge in [0.1, 0.15) is 5.69 Å². The van der Waals surface area contributed by atoms with Crippen molar-refractivity contribution >= 4 is 10.0 Å². The summed E-state index contributed by atoms with van der Waals surface area (Å²) < 4.78 is 86.5. The number of aromatic nitrogens is 2. The number of primary sulfonamides is 1. The number of nitrogens with two attached hydrogens (primary N) is 1. The fraction of sp³-hybridized carbons (Fsp3) is 0.250. The van der Waals surface area contributed by atoms with Gasteiger partial charge in [-0.15, -0.1) is 0 Å². The van der Waals surface area contributed by atoms with E-state index in [1.54, 1.807) is 0 Å². The molecule has 0 saturated heterocycles. The Kier molecular flexibility index (Phi) is 6.58. The molecule has 3 rings (SSSR count). The van der Waals surface area contributed by atoms with Crippen LogP contribution in [0.25, 0.3) is 22.4 Å². The van der Waals surface area contributed by atoms with E-state index in [0.29, 0.717) is 4.68 Å². The molecular formula is C20H19F4N3O4S. The molecule has 0 radical (unpaired) electrons. The van der Waals surface area contributed by atoms with Crippen LogP contribution in [0, 0.1) is 5.82 Å². The highest BCUT2D eigenvalue weighted by atomic mass is 32.2. The molecule has 32 heavy (non-hydrogen) atoms. The highest BCUT2D eigenvalue weighted by molar-refractivity contribution is 7.89. The molecule has 0 aliphatic carbocycles. The van der Waals surface area contributed by atoms with Gasteiger partial charge >= 0.3 is 6.18 Å². The van der Waals surface area contributed by atoms with Crippen molar-refractivity contribution in [1.29, 1.82) is 0 Å². The van der Waals surface area contributed by atoms with Gasteiger partial charge in [0.05, 0.1) is 12.0 Å². The number of aliphatic hydroxyl groups is 1. The first-order chi connectivity index (χ1) is 15.0. The Labute approximate surface area is 181 Å². The van der Waals surface area contributed by atoms with E-state index in [-0.39, 0.29) is 35.5 Å². The molecule has 0 aliphatic rings. The zero-order valence-corrected chi connectivity index (χ0v) is 17.5. The molecule has 172 valence electrons. The lowest BCUT2D eigenvalue weighted by molar-refractivity contribution is -0.143. The van der Waals surface area contributed by atoms with Crippen molar-refractivity contribution in [2.75, 3.05) is 13.7 Å². The number of alkyl halides is 3. The Balaban J connectivity index is 2.43. The second kappa shape index (κ2) is 8.88. The van der Waals surface area contributed by atoms with Crippen LogP contribution >= 0.6 is 0 Å². The lowest BCUT2D eigenvalue weighted by atomic mass is 9.98. The van der Waals surface area contributed by atoms with Crippen LogP contribution in [-0.4, -0.2) is 37.0 Å². The van der Waals surface area contributed by atoms with Crippen LogP contribution in [0.3, 0.4) is 0 Å². The molecule has 3 aromatic rings. The number of nitrogens with zero attached hydrogens (tertiary/aromatic N) is 2. The van der Waals surface area contributed by atoms with Crippen molar-refractivity contribution in [2.45, 2.75) is 24.0 Å². The van der Waals surface area contributed by atoms with Crippen LogP contribution in [0.4, 0.5) is 17.6 Å². The summed E-state index contributed by atoms with van der Waals surface area (Å²) in [6.45, 7) is -0.707. The van der Waals surface area contributed by atoms with Crippen LogP contribution in [0.1, 0.15) is 12.1 Å². The van der Waals surface area contributed by atoms with Crippen LogP contribution in [0.5, 0.6) is 5.75 Å². The van der Waals surface area contributed by atoms with Crippen LogP contribution in [-0.2, 0) is 22.7 Å². The van der Waals surface area contributed by atoms with Gasteiger partial charge in [-0.3, -0.25) is 4.68 Å². The molecule has 0 fully saturated rings. The highest BCUT2D eigenvalue weighted by Crippen LogP contribution is 2.44. The third-order valence-electron chi connectivity index (χ3n) is 4.64. The van der Waals surface area contributed by atoms with Gasteiger partial charge in [0.25, 0.3) is 0 Å². The van der Waals surface area contributed by atoms with Gasteiger partial charge in [0.2, 0.25) is 10.0 Å². The SMILES string of the molecule is COc1ccc(-c2c(-c3ccccc3S(N)(=O)=O)nn(CCCO)c2C(F)(F)F)cc1F. The van der Waals surface area contributed by atoms with E-state index in [2.05, 4.69) is 5.10 Å². The summed E-state index contributed by atoms with van der Waals surface area (Å²) in [5.41, 5.74) is -2.44. The number of hydrogen-bond acceptors (Lipinski definition) is 5. The first-order valence-electron chi connectivity index (χ1n) is 9.24. The summed E-state index contributed by atoms with van der Waals surface area (Å²) in [4.78, 5) is -0.434. The minimum absolute atomic E-state index is 0.0442. The zero-order valence-electron chi connectivity index (χ0n) is 16.7. The van der Waals surface area contributed by atoms with Crippen LogP contribution in [0.2, 0.25) is 0 Å². The molecule has 0 unspecified atom stereocenters. The topological polar surface area (TPSA) is 107 Å². The van der Waals surface area contributed by atoms with Crippen molar-refractivity contribution in [3.8, 4) is 28.1 Å². The quantitative estimate of drug-likeness (QED) is 0.512. The summed E-state index contributed by atoms with van der Waals surface area (Å²) in [5.74, 6) is -1.09. The maximum Gasteiger partial charge on any atom is 0.433 e. The van der Waals surface area contributed by atoms with E-state index in [1.165, 1.54) is 31.4 Å². The predicted molar refractivity (Wildman–Crippen MR) is 108 cm³/mol. The predicted octanol–water partition coefficient (Wildman–Crippen LogP) is 3.41. The highest BCUT2D eigenvalue weighted by Gasteiger charge is 2.41. The smallest absolute Gasteiger partial charge is 0.433 e. The average Bonchev–Trinajstić information content (AvgIpc) is 3.11. The van der Waals surface area contributed by atoms with E-state index >= 15 is 0 Å². The van der Waals surface area contributed by atoms with E-state index in [9.17, 15) is 26.0 Å². The van der Waals surface area contributed by atoms with Gasteiger partial charge in [-0.25, -0.2) is 17.9 Å². The van der Waals surface area contributed by atoms with E-state index in [4.69, 9.17) is 15.0 Å². The van der Waals surface area contributed by atoms with E-state index in [1.807, 2.05) is 0 Å². The minimum Gasteiger partial charge on any atom is -0.494 e. The Morgan fingerprint density at radius 1 is 1.19 bits per heavy atom. The monoisotopic (exact) mass is 473 g/mol. The van der Waals surface area contributed by atoms with Gasteiger partial charge in [-0.1, -0.05) is 24.3 Å². The van der Waals surface area contributed by atoms with Crippen LogP contribution < -0.4 is 9.88 Å². The van der Waals surface area contributed by atoms with E-state index < -0.39 is 44.8 Å². The van der Waals surface area contributed by atoms with Gasteiger partial charge in [-0.05, 0) is 30.2 Å². The number of rotatable bonds is 7. The van der Waals surface area contributed by atoms with Crippen molar-refractivity contribution in [1.82, 2.24) is 9.78 Å². The minimum atomic E-state index is -4.93. The summed E-state index contributed by atoms with van der Waals surface area (Å²) in [6, 6.07) is 8.42. The third-order valence-corrected chi connectivity index (χ3v) is 5.61. The number of hydrogen-bond donors (Lipinski definition) is 2. The first-order valence-corrected chi connectivity index (χ1v) is 10.8. The third kappa shape index (κ3) is 4.61. The molecule has 0 aliphatic heterocycles. The van der Waals surface area contributed by atoms with Crippen molar-refractivity contribution in [3.05, 3.63) is 54.0 Å². The number of ether oxygens (including phenoxy) is 1. The number of aryl methyl sites for hydroxylation is 1. The standard InChI is InChI=1S/C20H19F4N3O4S/c1-31-15-8-7-12(11-14(15)21)17-18(13-5-2-3-6-16(13)32(25,29)30)26-27(9-4-10-28)19(17)20(22,23)24/h2-3,5-8,11,28H,4,9-10H2,1H3,(H2,25,29,30). The van der Waals surface area contributed by atoms with Gasteiger partial charge in [0, 0.05) is 24.3 Å². The fourth-order valence-corrected chi connectivity index (χ4v) is 4.07. The van der Waals surface area contributed by atoms with Crippen molar-refractivity contribution in [3.63, 3.8) is 0 Å². The second-order valence-electron chi connectivity index (χ2n) is 6.76. The number of aliphatic hydroxyl groups excluding tert-OH is 1. The number of methoxy groups -OCH3 is 1. The zero-order chi connectivity index (χ0) is 23.7. The van der Waals surface area contributed by atoms with E-state index in [0.717, 1.165) is 18.2 Å². The summed E-state index contributed by atoms with van der Waals surface area (Å²) in [6.07, 6.45) is -4.97. The average molecular weight is 473 g/mol. The maximum absolute atomic E-state index is 14.4. The molecule has 3 N–H and O–H groups in total. The molecule has 0 spiro atoms.